The van der Waals surface area contributed by atoms with Crippen molar-refractivity contribution in [1.82, 2.24) is 20.4 Å². The van der Waals surface area contributed by atoms with E-state index < -0.39 is 0 Å². The maximum absolute atomic E-state index is 11.6. The van der Waals surface area contributed by atoms with Gasteiger partial charge in [-0.1, -0.05) is 0 Å². The molecule has 0 radical (unpaired) electrons. The zero-order chi connectivity index (χ0) is 16.8. The van der Waals surface area contributed by atoms with Crippen LogP contribution in [0.2, 0.25) is 0 Å². The number of morpholine rings is 1. The van der Waals surface area contributed by atoms with Crippen LogP contribution in [0.25, 0.3) is 0 Å². The molecule has 1 saturated carbocycles. The van der Waals surface area contributed by atoms with Crippen molar-refractivity contribution in [2.24, 2.45) is 10.9 Å². The number of halogens is 1. The third-order valence-corrected chi connectivity index (χ3v) is 4.98. The summed E-state index contributed by atoms with van der Waals surface area (Å²) in [5.41, 5.74) is 0. The summed E-state index contributed by atoms with van der Waals surface area (Å²) >= 11 is 0. The number of nitrogens with zero attached hydrogens (tertiary/aromatic N) is 3. The summed E-state index contributed by atoms with van der Waals surface area (Å²) in [6.07, 6.45) is 3.28. The van der Waals surface area contributed by atoms with E-state index in [1.165, 1.54) is 6.42 Å². The molecule has 1 amide bonds. The average Bonchev–Trinajstić information content (AvgIpc) is 3.35. The minimum Gasteiger partial charge on any atom is -0.379 e. The van der Waals surface area contributed by atoms with Crippen molar-refractivity contribution in [2.45, 2.75) is 32.2 Å². The summed E-state index contributed by atoms with van der Waals surface area (Å²) in [6.45, 7) is 10.1. The van der Waals surface area contributed by atoms with Crippen LogP contribution in [0.15, 0.2) is 4.99 Å². The van der Waals surface area contributed by atoms with Gasteiger partial charge in [0.15, 0.2) is 5.96 Å². The van der Waals surface area contributed by atoms with Crippen LogP contribution in [0.1, 0.15) is 26.2 Å². The molecule has 3 aliphatic rings. The lowest BCUT2D eigenvalue weighted by Gasteiger charge is -2.32. The molecule has 25 heavy (non-hydrogen) atoms. The van der Waals surface area contributed by atoms with Gasteiger partial charge < -0.3 is 20.3 Å². The minimum absolute atomic E-state index is 0. The van der Waals surface area contributed by atoms with E-state index in [1.54, 1.807) is 0 Å². The lowest BCUT2D eigenvalue weighted by molar-refractivity contribution is -0.122. The van der Waals surface area contributed by atoms with Gasteiger partial charge in [0.2, 0.25) is 5.91 Å². The van der Waals surface area contributed by atoms with Gasteiger partial charge in [0.1, 0.15) is 0 Å². The molecule has 1 atom stereocenters. The van der Waals surface area contributed by atoms with E-state index in [0.29, 0.717) is 19.1 Å². The number of rotatable bonds is 6. The Kier molecular flexibility index (Phi) is 8.71. The molecule has 1 unspecified atom stereocenters. The highest BCUT2D eigenvalue weighted by molar-refractivity contribution is 14.0. The third-order valence-electron chi connectivity index (χ3n) is 4.98. The zero-order valence-corrected chi connectivity index (χ0v) is 17.5. The van der Waals surface area contributed by atoms with Gasteiger partial charge in [-0.15, -0.1) is 24.0 Å². The van der Waals surface area contributed by atoms with Crippen molar-refractivity contribution in [3.8, 4) is 0 Å². The molecular weight excluding hydrogens is 433 g/mol. The molecule has 2 saturated heterocycles. The summed E-state index contributed by atoms with van der Waals surface area (Å²) in [5, 5.41) is 6.37. The number of hydrogen-bond donors (Lipinski definition) is 2. The largest absolute Gasteiger partial charge is 0.379 e. The predicted molar refractivity (Wildman–Crippen MR) is 109 cm³/mol. The standard InChI is InChI=1S/C17H31N5O2.HI/c1-2-18-17(20-7-6-19-16(23)14-3-4-14)22-8-5-15(13-22)21-9-11-24-12-10-21;/h14-15H,2-13H2,1H3,(H,18,20)(H,19,23);1H. The van der Waals surface area contributed by atoms with Gasteiger partial charge in [-0.3, -0.25) is 14.7 Å². The van der Waals surface area contributed by atoms with Crippen LogP contribution in [0.4, 0.5) is 0 Å². The van der Waals surface area contributed by atoms with Gasteiger partial charge >= 0.3 is 0 Å². The number of nitrogens with one attached hydrogen (secondary N) is 2. The fourth-order valence-electron chi connectivity index (χ4n) is 3.43. The second kappa shape index (κ2) is 10.5. The molecular formula is C17H32IN5O2. The van der Waals surface area contributed by atoms with E-state index in [4.69, 9.17) is 9.73 Å². The first-order valence-electron chi connectivity index (χ1n) is 9.40. The molecule has 2 heterocycles. The Morgan fingerprint density at radius 2 is 1.92 bits per heavy atom. The first-order chi connectivity index (χ1) is 11.8. The Morgan fingerprint density at radius 3 is 2.60 bits per heavy atom. The molecule has 0 aromatic rings. The van der Waals surface area contributed by atoms with E-state index in [9.17, 15) is 4.79 Å². The molecule has 0 bridgehead atoms. The molecule has 3 rings (SSSR count). The minimum atomic E-state index is 0. The molecule has 0 aromatic heterocycles. The number of carbonyl (C=O) groups excluding carboxylic acids is 1. The summed E-state index contributed by atoms with van der Waals surface area (Å²) in [4.78, 5) is 21.2. The van der Waals surface area contributed by atoms with Crippen LogP contribution in [0.5, 0.6) is 0 Å². The molecule has 7 nitrogen and oxygen atoms in total. The fourth-order valence-corrected chi connectivity index (χ4v) is 3.43. The second-order valence-electron chi connectivity index (χ2n) is 6.84. The van der Waals surface area contributed by atoms with Crippen molar-refractivity contribution in [3.05, 3.63) is 0 Å². The summed E-state index contributed by atoms with van der Waals surface area (Å²) < 4.78 is 5.45. The molecule has 0 spiro atoms. The maximum atomic E-state index is 11.6. The maximum Gasteiger partial charge on any atom is 0.223 e. The fraction of sp³-hybridized carbons (Fsp3) is 0.882. The smallest absolute Gasteiger partial charge is 0.223 e. The van der Waals surface area contributed by atoms with Gasteiger partial charge in [0, 0.05) is 51.2 Å². The molecule has 1 aliphatic carbocycles. The number of amides is 1. The molecule has 3 fully saturated rings. The van der Waals surface area contributed by atoms with Crippen LogP contribution >= 0.6 is 24.0 Å². The number of hydrogen-bond acceptors (Lipinski definition) is 4. The Hall–Kier alpha value is -0.610. The van der Waals surface area contributed by atoms with Crippen LogP contribution in [-0.4, -0.2) is 86.7 Å². The highest BCUT2D eigenvalue weighted by Gasteiger charge is 2.30. The van der Waals surface area contributed by atoms with E-state index >= 15 is 0 Å². The van der Waals surface area contributed by atoms with Gasteiger partial charge in [-0.25, -0.2) is 0 Å². The van der Waals surface area contributed by atoms with Crippen molar-refractivity contribution in [3.63, 3.8) is 0 Å². The monoisotopic (exact) mass is 465 g/mol. The predicted octanol–water partition coefficient (Wildman–Crippen LogP) is 0.503. The summed E-state index contributed by atoms with van der Waals surface area (Å²) in [7, 11) is 0. The van der Waals surface area contributed by atoms with Gasteiger partial charge in [0.05, 0.1) is 19.8 Å². The van der Waals surface area contributed by atoms with Gasteiger partial charge in [-0.2, -0.15) is 0 Å². The first-order valence-corrected chi connectivity index (χ1v) is 9.40. The van der Waals surface area contributed by atoms with Crippen LogP contribution < -0.4 is 10.6 Å². The van der Waals surface area contributed by atoms with Gasteiger partial charge in [0.25, 0.3) is 0 Å². The lowest BCUT2D eigenvalue weighted by atomic mass is 10.2. The Balaban J connectivity index is 0.00000225. The van der Waals surface area contributed by atoms with E-state index in [2.05, 4.69) is 27.4 Å². The molecule has 0 aromatic carbocycles. The highest BCUT2D eigenvalue weighted by atomic mass is 127. The molecule has 8 heteroatoms. The van der Waals surface area contributed by atoms with Crippen molar-refractivity contribution >= 4 is 35.8 Å². The lowest BCUT2D eigenvalue weighted by Crippen LogP contribution is -2.46. The number of ether oxygens (including phenoxy) is 1. The van der Waals surface area contributed by atoms with Crippen LogP contribution in [0.3, 0.4) is 0 Å². The quantitative estimate of drug-likeness (QED) is 0.259. The van der Waals surface area contributed by atoms with Gasteiger partial charge in [-0.05, 0) is 26.2 Å². The van der Waals surface area contributed by atoms with E-state index in [-0.39, 0.29) is 35.8 Å². The van der Waals surface area contributed by atoms with Crippen LogP contribution in [-0.2, 0) is 9.53 Å². The third kappa shape index (κ3) is 6.25. The second-order valence-corrected chi connectivity index (χ2v) is 6.84. The van der Waals surface area contributed by atoms with E-state index in [1.807, 2.05) is 0 Å². The SMILES string of the molecule is CCNC(=NCCNC(=O)C1CC1)N1CCC(N2CCOCC2)C1.I. The number of guanidine groups is 1. The highest BCUT2D eigenvalue weighted by Crippen LogP contribution is 2.28. The Morgan fingerprint density at radius 1 is 1.16 bits per heavy atom. The van der Waals surface area contributed by atoms with E-state index in [0.717, 1.165) is 64.7 Å². The number of aliphatic imine (C=N–C) groups is 1. The topological polar surface area (TPSA) is 69.2 Å². The Bertz CT molecular complexity index is 452. The Labute approximate surface area is 167 Å². The summed E-state index contributed by atoms with van der Waals surface area (Å²) in [6, 6.07) is 0.604. The van der Waals surface area contributed by atoms with Crippen LogP contribution in [0, 0.1) is 5.92 Å². The summed E-state index contributed by atoms with van der Waals surface area (Å²) in [5.74, 6) is 1.45. The number of carbonyl (C=O) groups is 1. The van der Waals surface area contributed by atoms with Crippen molar-refractivity contribution < 1.29 is 9.53 Å². The molecule has 2 N–H and O–H groups in total. The molecule has 2 aliphatic heterocycles. The first kappa shape index (κ1) is 20.7. The zero-order valence-electron chi connectivity index (χ0n) is 15.2. The normalized spacial score (nSPS) is 24.8. The molecule has 144 valence electrons. The average molecular weight is 465 g/mol. The van der Waals surface area contributed by atoms with Crippen molar-refractivity contribution in [2.75, 3.05) is 59.0 Å². The van der Waals surface area contributed by atoms with Crippen molar-refractivity contribution in [1.29, 1.82) is 0 Å². The number of likely N-dealkylation sites (tertiary alicyclic amines) is 1.